The van der Waals surface area contributed by atoms with E-state index in [0.29, 0.717) is 31.0 Å². The van der Waals surface area contributed by atoms with Crippen LogP contribution in [0, 0.1) is 0 Å². The van der Waals surface area contributed by atoms with Crippen LogP contribution >= 0.6 is 0 Å². The van der Waals surface area contributed by atoms with Gasteiger partial charge in [0.15, 0.2) is 0 Å². The number of hydrogen-bond acceptors (Lipinski definition) is 7. The molecule has 0 saturated carbocycles. The summed E-state index contributed by atoms with van der Waals surface area (Å²) >= 11 is 0. The quantitative estimate of drug-likeness (QED) is 0.137. The molecule has 1 aliphatic heterocycles. The number of nitrogens with one attached hydrogen (secondary N) is 1. The second kappa shape index (κ2) is 14.7. The van der Waals surface area contributed by atoms with Gasteiger partial charge in [0.05, 0.1) is 30.9 Å². The summed E-state index contributed by atoms with van der Waals surface area (Å²) in [5.41, 5.74) is 6.18. The second-order valence-corrected chi connectivity index (χ2v) is 12.2. The number of fused-ring (bicyclic) bond motifs is 1. The molecule has 0 saturated heterocycles. The molecule has 0 aliphatic carbocycles. The summed E-state index contributed by atoms with van der Waals surface area (Å²) in [6, 6.07) is 23.9. The Kier molecular flexibility index (Phi) is 10.1. The zero-order chi connectivity index (χ0) is 32.8. The average Bonchev–Trinajstić information content (AvgIpc) is 3.75. The molecular formula is C37H42N6O4. The predicted molar refractivity (Wildman–Crippen MR) is 180 cm³/mol. The number of H-pyrrole nitrogens is 1. The number of unbranched alkanes of at least 4 members (excludes halogenated alkanes) is 1. The van der Waals surface area contributed by atoms with Crippen LogP contribution in [0.1, 0.15) is 98.1 Å². The van der Waals surface area contributed by atoms with Crippen molar-refractivity contribution in [3.63, 3.8) is 0 Å². The number of carbonyl (C=O) groups is 1. The molecule has 1 aliphatic rings. The minimum absolute atomic E-state index is 0.0220. The van der Waals surface area contributed by atoms with Gasteiger partial charge in [0.25, 0.3) is 5.56 Å². The highest BCUT2D eigenvalue weighted by molar-refractivity contribution is 5.91. The second-order valence-electron chi connectivity index (χ2n) is 12.2. The monoisotopic (exact) mass is 634 g/mol. The van der Waals surface area contributed by atoms with Gasteiger partial charge in [-0.2, -0.15) is 5.21 Å². The Bertz CT molecular complexity index is 1840. The molecule has 3 heterocycles. The zero-order valence-corrected chi connectivity index (χ0v) is 27.3. The van der Waals surface area contributed by atoms with Crippen LogP contribution in [-0.2, 0) is 15.9 Å². The summed E-state index contributed by atoms with van der Waals surface area (Å²) in [5, 5.41) is 14.5. The number of benzene rings is 3. The summed E-state index contributed by atoms with van der Waals surface area (Å²) in [7, 11) is 0. The number of rotatable bonds is 13. The van der Waals surface area contributed by atoms with E-state index in [1.54, 1.807) is 6.07 Å². The van der Waals surface area contributed by atoms with Crippen molar-refractivity contribution in [2.45, 2.75) is 77.5 Å². The first kappa shape index (κ1) is 32.1. The Balaban J connectivity index is 1.21. The van der Waals surface area contributed by atoms with Crippen LogP contribution < -0.4 is 5.56 Å². The van der Waals surface area contributed by atoms with Crippen molar-refractivity contribution in [1.29, 1.82) is 0 Å². The summed E-state index contributed by atoms with van der Waals surface area (Å²) in [6.45, 7) is 6.82. The van der Waals surface area contributed by atoms with Gasteiger partial charge in [-0.1, -0.05) is 86.5 Å². The highest BCUT2D eigenvalue weighted by atomic mass is 16.5. The molecule has 2 aromatic heterocycles. The van der Waals surface area contributed by atoms with Gasteiger partial charge in [-0.25, -0.2) is 9.48 Å². The van der Waals surface area contributed by atoms with Gasteiger partial charge in [-0.15, -0.1) is 10.2 Å². The normalized spacial score (nSPS) is 16.5. The Morgan fingerprint density at radius 3 is 2.51 bits per heavy atom. The third-order valence-electron chi connectivity index (χ3n) is 9.02. The summed E-state index contributed by atoms with van der Waals surface area (Å²) in [4.78, 5) is 26.7. The maximum atomic E-state index is 13.9. The van der Waals surface area contributed by atoms with Gasteiger partial charge in [-0.05, 0) is 66.6 Å². The van der Waals surface area contributed by atoms with Crippen LogP contribution in [0.3, 0.4) is 0 Å². The van der Waals surface area contributed by atoms with E-state index in [1.807, 2.05) is 60.3 Å². The smallest absolute Gasteiger partial charge is 0.338 e. The molecule has 244 valence electrons. The van der Waals surface area contributed by atoms with Crippen LogP contribution in [0.5, 0.6) is 0 Å². The van der Waals surface area contributed by atoms with E-state index >= 15 is 0 Å². The van der Waals surface area contributed by atoms with Crippen molar-refractivity contribution in [2.75, 3.05) is 13.2 Å². The van der Waals surface area contributed by atoms with Crippen LogP contribution in [0.4, 0.5) is 0 Å². The van der Waals surface area contributed by atoms with Crippen molar-refractivity contribution in [1.82, 2.24) is 30.0 Å². The number of tetrazole rings is 1. The van der Waals surface area contributed by atoms with E-state index in [2.05, 4.69) is 63.4 Å². The lowest BCUT2D eigenvalue weighted by atomic mass is 9.97. The van der Waals surface area contributed by atoms with E-state index < -0.39 is 0 Å². The number of aromatic amines is 1. The van der Waals surface area contributed by atoms with Crippen molar-refractivity contribution in [3.05, 3.63) is 112 Å². The fourth-order valence-corrected chi connectivity index (χ4v) is 6.53. The SMILES string of the molecule is CCCCC(OCC1CCC(C)n2cc(Cc3ccc(-c4ccccc4-c4nn[nH]n4)cc3)c(=O)n21)c1ccccc1C(=O)OCC. The van der Waals surface area contributed by atoms with Crippen molar-refractivity contribution in [3.8, 4) is 22.5 Å². The first-order chi connectivity index (χ1) is 23.0. The Morgan fingerprint density at radius 1 is 1.00 bits per heavy atom. The molecule has 5 aromatic rings. The highest BCUT2D eigenvalue weighted by Crippen LogP contribution is 2.33. The highest BCUT2D eigenvalue weighted by Gasteiger charge is 2.29. The van der Waals surface area contributed by atoms with Crippen LogP contribution in [0.2, 0.25) is 0 Å². The largest absolute Gasteiger partial charge is 0.462 e. The number of nitrogens with zero attached hydrogens (tertiary/aromatic N) is 5. The molecule has 0 radical (unpaired) electrons. The van der Waals surface area contributed by atoms with E-state index in [4.69, 9.17) is 9.47 Å². The molecular weight excluding hydrogens is 592 g/mol. The average molecular weight is 635 g/mol. The van der Waals surface area contributed by atoms with Crippen LogP contribution in [0.15, 0.2) is 83.8 Å². The van der Waals surface area contributed by atoms with Crippen LogP contribution in [-0.4, -0.2) is 49.2 Å². The Labute approximate surface area is 274 Å². The number of esters is 1. The van der Waals surface area contributed by atoms with Gasteiger partial charge in [0.2, 0.25) is 5.82 Å². The van der Waals surface area contributed by atoms with Crippen molar-refractivity contribution in [2.24, 2.45) is 0 Å². The lowest BCUT2D eigenvalue weighted by Crippen LogP contribution is -2.36. The summed E-state index contributed by atoms with van der Waals surface area (Å²) in [6.07, 6.45) is 6.85. The maximum Gasteiger partial charge on any atom is 0.338 e. The van der Waals surface area contributed by atoms with Gasteiger partial charge >= 0.3 is 5.97 Å². The lowest BCUT2D eigenvalue weighted by Gasteiger charge is -2.32. The standard InChI is InChI=1S/C37H42N6O4/c1-4-6-15-34(31-12-8-10-14-33(31)37(45)46-5-2)47-24-29-21-16-25(3)42-23-28(36(44)43(29)42)22-26-17-19-27(20-18-26)30-11-7-9-13-32(30)35-38-40-41-39-35/h7-14,17-20,23,25,29,34H,4-6,15-16,21-22,24H2,1-3H3,(H,38,39,40,41). The number of ether oxygens (including phenoxy) is 2. The minimum Gasteiger partial charge on any atom is -0.462 e. The maximum absolute atomic E-state index is 13.9. The third-order valence-corrected chi connectivity index (χ3v) is 9.02. The van der Waals surface area contributed by atoms with Gasteiger partial charge < -0.3 is 9.47 Å². The molecule has 10 nitrogen and oxygen atoms in total. The summed E-state index contributed by atoms with van der Waals surface area (Å²) in [5.74, 6) is 0.211. The number of aromatic nitrogens is 6. The molecule has 0 fully saturated rings. The van der Waals surface area contributed by atoms with E-state index in [9.17, 15) is 9.59 Å². The molecule has 3 aromatic carbocycles. The molecule has 3 atom stereocenters. The fourth-order valence-electron chi connectivity index (χ4n) is 6.53. The van der Waals surface area contributed by atoms with E-state index in [-0.39, 0.29) is 29.7 Å². The van der Waals surface area contributed by atoms with Crippen molar-refractivity contribution < 1.29 is 14.3 Å². The first-order valence-corrected chi connectivity index (χ1v) is 16.6. The van der Waals surface area contributed by atoms with Crippen LogP contribution in [0.25, 0.3) is 22.5 Å². The topological polar surface area (TPSA) is 117 Å². The predicted octanol–water partition coefficient (Wildman–Crippen LogP) is 7.11. The van der Waals surface area contributed by atoms with Gasteiger partial charge in [0, 0.05) is 29.8 Å². The molecule has 3 unspecified atom stereocenters. The molecule has 47 heavy (non-hydrogen) atoms. The summed E-state index contributed by atoms with van der Waals surface area (Å²) < 4.78 is 15.9. The Morgan fingerprint density at radius 2 is 1.77 bits per heavy atom. The van der Waals surface area contributed by atoms with E-state index in [1.165, 1.54) is 0 Å². The Hall–Kier alpha value is -4.83. The molecule has 10 heteroatoms. The molecule has 0 amide bonds. The molecule has 6 rings (SSSR count). The fraction of sp³-hybridized carbons (Fsp3) is 0.378. The van der Waals surface area contributed by atoms with Gasteiger partial charge in [-0.3, -0.25) is 9.48 Å². The first-order valence-electron chi connectivity index (χ1n) is 16.6. The minimum atomic E-state index is -0.335. The molecule has 0 bridgehead atoms. The number of hydrogen-bond donors (Lipinski definition) is 1. The zero-order valence-electron chi connectivity index (χ0n) is 27.3. The number of carbonyl (C=O) groups excluding carboxylic acids is 1. The van der Waals surface area contributed by atoms with Crippen molar-refractivity contribution >= 4 is 5.97 Å². The van der Waals surface area contributed by atoms with E-state index in [0.717, 1.165) is 65.5 Å². The molecule has 0 spiro atoms. The van der Waals surface area contributed by atoms with Gasteiger partial charge in [0.1, 0.15) is 0 Å². The lowest BCUT2D eigenvalue weighted by molar-refractivity contribution is 0.00762. The molecule has 1 N–H and O–H groups in total. The third kappa shape index (κ3) is 6.97.